The van der Waals surface area contributed by atoms with Gasteiger partial charge in [-0.15, -0.1) is 0 Å². The average molecular weight is 370 g/mol. The molecule has 3 aromatic rings. The van der Waals surface area contributed by atoms with Gasteiger partial charge in [-0.2, -0.15) is 4.99 Å². The highest BCUT2D eigenvalue weighted by Gasteiger charge is 2.21. The fourth-order valence-electron chi connectivity index (χ4n) is 2.86. The maximum atomic E-state index is 12.4. The van der Waals surface area contributed by atoms with Crippen molar-refractivity contribution in [3.05, 3.63) is 59.8 Å². The number of nitrogens with zero attached hydrogens (tertiary/aromatic N) is 2. The summed E-state index contributed by atoms with van der Waals surface area (Å²) in [6.07, 6.45) is 2.90. The lowest BCUT2D eigenvalue weighted by atomic mass is 10.1. The van der Waals surface area contributed by atoms with Crippen molar-refractivity contribution < 1.29 is 13.2 Å². The first-order valence-electron chi connectivity index (χ1n) is 7.73. The number of nitrogens with two attached hydrogens (primary N) is 2. The van der Waals surface area contributed by atoms with Crippen molar-refractivity contribution in [2.24, 2.45) is 16.5 Å². The molecule has 0 aliphatic heterocycles. The predicted octanol–water partition coefficient (Wildman–Crippen LogP) is 1.76. The second-order valence-corrected chi connectivity index (χ2v) is 7.98. The number of rotatable bonds is 3. The lowest BCUT2D eigenvalue weighted by Crippen LogP contribution is -2.24. The van der Waals surface area contributed by atoms with Crippen molar-refractivity contribution in [2.45, 2.75) is 11.8 Å². The molecule has 0 unspecified atom stereocenters. The van der Waals surface area contributed by atoms with Gasteiger partial charge in [0.05, 0.1) is 16.1 Å². The van der Waals surface area contributed by atoms with Crippen LogP contribution < -0.4 is 11.5 Å². The van der Waals surface area contributed by atoms with E-state index in [-0.39, 0.29) is 16.4 Å². The molecule has 0 spiro atoms. The molecule has 4 N–H and O–H groups in total. The molecule has 134 valence electrons. The van der Waals surface area contributed by atoms with Crippen molar-refractivity contribution >= 4 is 32.6 Å². The fraction of sp³-hybridized carbons (Fsp3) is 0.111. The number of aryl methyl sites for hydroxylation is 1. The molecule has 0 aliphatic carbocycles. The Morgan fingerprint density at radius 1 is 1.12 bits per heavy atom. The fourth-order valence-corrected chi connectivity index (χ4v) is 3.73. The molecule has 8 heteroatoms. The predicted molar refractivity (Wildman–Crippen MR) is 101 cm³/mol. The number of sulfone groups is 1. The third kappa shape index (κ3) is 3.18. The summed E-state index contributed by atoms with van der Waals surface area (Å²) in [5, 5.41) is 0.977. The Labute approximate surface area is 150 Å². The number of aliphatic imine (C=N–C) groups is 1. The van der Waals surface area contributed by atoms with Crippen molar-refractivity contribution in [3.8, 4) is 5.69 Å². The molecule has 0 radical (unpaired) electrons. The number of benzene rings is 2. The normalized spacial score (nSPS) is 11.5. The molecular formula is C18H18N4O3S. The second-order valence-electron chi connectivity index (χ2n) is 5.99. The molecule has 0 saturated heterocycles. The maximum absolute atomic E-state index is 12.4. The summed E-state index contributed by atoms with van der Waals surface area (Å²) in [5.41, 5.74) is 12.6. The smallest absolute Gasteiger partial charge is 0.280 e. The molecular weight excluding hydrogens is 352 g/mol. The zero-order chi connectivity index (χ0) is 19.1. The van der Waals surface area contributed by atoms with E-state index in [0.717, 1.165) is 17.2 Å². The summed E-state index contributed by atoms with van der Waals surface area (Å²) in [5.74, 6) is -1.06. The molecule has 1 aromatic heterocycles. The highest BCUT2D eigenvalue weighted by molar-refractivity contribution is 7.90. The van der Waals surface area contributed by atoms with Gasteiger partial charge in [0.2, 0.25) is 0 Å². The van der Waals surface area contributed by atoms with Gasteiger partial charge in [0.1, 0.15) is 0 Å². The number of fused-ring (bicyclic) bond motifs is 1. The van der Waals surface area contributed by atoms with E-state index in [9.17, 15) is 13.2 Å². The molecule has 2 aromatic carbocycles. The van der Waals surface area contributed by atoms with Crippen LogP contribution in [0.1, 0.15) is 15.9 Å². The van der Waals surface area contributed by atoms with Gasteiger partial charge in [0.25, 0.3) is 5.91 Å². The van der Waals surface area contributed by atoms with Crippen LogP contribution in [0.3, 0.4) is 0 Å². The van der Waals surface area contributed by atoms with Gasteiger partial charge >= 0.3 is 0 Å². The van der Waals surface area contributed by atoms with Crippen LogP contribution >= 0.6 is 0 Å². The number of hydrogen-bond acceptors (Lipinski definition) is 3. The Hall–Kier alpha value is -3.13. The molecule has 1 heterocycles. The van der Waals surface area contributed by atoms with E-state index in [4.69, 9.17) is 11.5 Å². The van der Waals surface area contributed by atoms with Crippen molar-refractivity contribution in [1.29, 1.82) is 0 Å². The summed E-state index contributed by atoms with van der Waals surface area (Å²) in [6, 6.07) is 12.5. The molecule has 3 rings (SSSR count). The Bertz CT molecular complexity index is 1160. The molecule has 0 aliphatic rings. The number of hydrogen-bond donors (Lipinski definition) is 2. The number of aromatic nitrogens is 1. The van der Waals surface area contributed by atoms with E-state index in [2.05, 4.69) is 4.99 Å². The van der Waals surface area contributed by atoms with Gasteiger partial charge in [-0.25, -0.2) is 8.42 Å². The second kappa shape index (κ2) is 6.30. The van der Waals surface area contributed by atoms with Gasteiger partial charge in [-0.1, -0.05) is 18.2 Å². The first kappa shape index (κ1) is 17.7. The lowest BCUT2D eigenvalue weighted by Gasteiger charge is -2.14. The van der Waals surface area contributed by atoms with E-state index in [0.29, 0.717) is 11.3 Å². The van der Waals surface area contributed by atoms with Gasteiger partial charge in [0, 0.05) is 18.0 Å². The number of para-hydroxylation sites is 1. The van der Waals surface area contributed by atoms with Crippen molar-refractivity contribution in [3.63, 3.8) is 0 Å². The van der Waals surface area contributed by atoms with E-state index >= 15 is 0 Å². The van der Waals surface area contributed by atoms with Crippen LogP contribution in [0.2, 0.25) is 0 Å². The zero-order valence-corrected chi connectivity index (χ0v) is 15.1. The third-order valence-corrected chi connectivity index (χ3v) is 5.15. The van der Waals surface area contributed by atoms with E-state index in [1.165, 1.54) is 6.07 Å². The summed E-state index contributed by atoms with van der Waals surface area (Å²) in [7, 11) is -3.61. The monoisotopic (exact) mass is 370 g/mol. The summed E-state index contributed by atoms with van der Waals surface area (Å²) < 4.78 is 26.6. The first-order chi connectivity index (χ1) is 12.2. The highest BCUT2D eigenvalue weighted by Crippen LogP contribution is 2.29. The molecule has 0 bridgehead atoms. The maximum Gasteiger partial charge on any atom is 0.280 e. The summed E-state index contributed by atoms with van der Waals surface area (Å²) >= 11 is 0. The Kier molecular flexibility index (Phi) is 4.29. The summed E-state index contributed by atoms with van der Waals surface area (Å²) in [4.78, 5) is 15.7. The number of guanidine groups is 1. The number of carbonyl (C=O) groups is 1. The third-order valence-electron chi connectivity index (χ3n) is 4.03. The SMILES string of the molecule is Cc1cc(-n2ccc3ccccc32)c(S(C)(=O)=O)cc1C(=O)N=C(N)N. The first-order valence-corrected chi connectivity index (χ1v) is 9.63. The van der Waals surface area contributed by atoms with Crippen LogP contribution in [-0.4, -0.2) is 31.1 Å². The van der Waals surface area contributed by atoms with Crippen LogP contribution in [0, 0.1) is 6.92 Å². The van der Waals surface area contributed by atoms with Crippen LogP contribution in [0.25, 0.3) is 16.6 Å². The van der Waals surface area contributed by atoms with Crippen LogP contribution in [-0.2, 0) is 9.84 Å². The minimum absolute atomic E-state index is 0.0265. The van der Waals surface area contributed by atoms with Gasteiger partial charge < -0.3 is 16.0 Å². The lowest BCUT2D eigenvalue weighted by molar-refractivity contribution is 0.100. The van der Waals surface area contributed by atoms with E-state index in [1.54, 1.807) is 23.8 Å². The molecule has 1 amide bonds. The molecule has 0 saturated carbocycles. The van der Waals surface area contributed by atoms with Gasteiger partial charge in [0.15, 0.2) is 15.8 Å². The van der Waals surface area contributed by atoms with Crippen molar-refractivity contribution in [2.75, 3.05) is 6.26 Å². The summed E-state index contributed by atoms with van der Waals surface area (Å²) in [6.45, 7) is 1.71. The largest absolute Gasteiger partial charge is 0.370 e. The topological polar surface area (TPSA) is 121 Å². The molecule has 0 atom stereocenters. The molecule has 26 heavy (non-hydrogen) atoms. The number of carbonyl (C=O) groups excluding carboxylic acids is 1. The van der Waals surface area contributed by atoms with E-state index in [1.807, 2.05) is 30.3 Å². The van der Waals surface area contributed by atoms with Crippen LogP contribution in [0.5, 0.6) is 0 Å². The quantitative estimate of drug-likeness (QED) is 0.537. The molecule has 7 nitrogen and oxygen atoms in total. The van der Waals surface area contributed by atoms with Crippen LogP contribution in [0.15, 0.2) is 58.5 Å². The minimum atomic E-state index is -3.61. The Morgan fingerprint density at radius 2 is 1.81 bits per heavy atom. The number of amides is 1. The van der Waals surface area contributed by atoms with Crippen LogP contribution in [0.4, 0.5) is 0 Å². The molecule has 0 fully saturated rings. The highest BCUT2D eigenvalue weighted by atomic mass is 32.2. The average Bonchev–Trinajstić information content (AvgIpc) is 2.96. The van der Waals surface area contributed by atoms with Gasteiger partial charge in [-0.05, 0) is 42.1 Å². The standard InChI is InChI=1S/C18H18N4O3S/c1-11-9-15(22-8-7-12-5-3-4-6-14(12)22)16(26(2,24)25)10-13(11)17(23)21-18(19)20/h3-10H,1-2H3,(H4,19,20,21,23). The van der Waals surface area contributed by atoms with E-state index < -0.39 is 15.7 Å². The minimum Gasteiger partial charge on any atom is -0.370 e. The zero-order valence-electron chi connectivity index (χ0n) is 14.3. The Morgan fingerprint density at radius 3 is 2.46 bits per heavy atom. The van der Waals surface area contributed by atoms with Gasteiger partial charge in [-0.3, -0.25) is 4.79 Å². The van der Waals surface area contributed by atoms with Crippen molar-refractivity contribution in [1.82, 2.24) is 4.57 Å². The Balaban J connectivity index is 2.31.